The van der Waals surface area contributed by atoms with E-state index in [9.17, 15) is 4.79 Å². The predicted octanol–water partition coefficient (Wildman–Crippen LogP) is 2.97. The van der Waals surface area contributed by atoms with Gasteiger partial charge in [-0.25, -0.2) is 0 Å². The molecule has 3 rings (SSSR count). The molecular formula is C21H25NO5. The molecule has 1 aliphatic rings. The van der Waals surface area contributed by atoms with Gasteiger partial charge in [0, 0.05) is 6.54 Å². The van der Waals surface area contributed by atoms with Gasteiger partial charge in [0.05, 0.1) is 26.7 Å². The average Bonchev–Trinajstić information content (AvgIpc) is 2.72. The monoisotopic (exact) mass is 371 g/mol. The first kappa shape index (κ1) is 18.9. The molecule has 144 valence electrons. The van der Waals surface area contributed by atoms with Crippen LogP contribution in [-0.2, 0) is 17.8 Å². The van der Waals surface area contributed by atoms with Gasteiger partial charge in [-0.05, 0) is 54.8 Å². The van der Waals surface area contributed by atoms with Crippen molar-refractivity contribution in [3.05, 3.63) is 47.5 Å². The highest BCUT2D eigenvalue weighted by molar-refractivity contribution is 5.79. The van der Waals surface area contributed by atoms with Gasteiger partial charge in [-0.1, -0.05) is 6.07 Å². The van der Waals surface area contributed by atoms with Gasteiger partial charge in [-0.2, -0.15) is 0 Å². The minimum atomic E-state index is -0.228. The smallest absolute Gasteiger partial charge is 0.227 e. The first-order chi connectivity index (χ1) is 13.1. The third-order valence-electron chi connectivity index (χ3n) is 4.54. The topological polar surface area (TPSA) is 66.0 Å². The maximum Gasteiger partial charge on any atom is 0.227 e. The van der Waals surface area contributed by atoms with E-state index in [2.05, 4.69) is 5.32 Å². The Morgan fingerprint density at radius 1 is 1.15 bits per heavy atom. The zero-order valence-electron chi connectivity index (χ0n) is 15.9. The predicted molar refractivity (Wildman–Crippen MR) is 102 cm³/mol. The van der Waals surface area contributed by atoms with Gasteiger partial charge in [-0.15, -0.1) is 0 Å². The summed E-state index contributed by atoms with van der Waals surface area (Å²) in [5.74, 6) is 2.67. The molecule has 0 saturated heterocycles. The van der Waals surface area contributed by atoms with E-state index in [0.717, 1.165) is 22.6 Å². The van der Waals surface area contributed by atoms with E-state index < -0.39 is 0 Å². The molecule has 1 aliphatic heterocycles. The van der Waals surface area contributed by atoms with Crippen molar-refractivity contribution >= 4 is 5.91 Å². The minimum absolute atomic E-state index is 0.0312. The number of nitrogens with one attached hydrogen (secondary N) is 1. The fraction of sp³-hybridized carbons (Fsp3) is 0.381. The van der Waals surface area contributed by atoms with Gasteiger partial charge in [0.1, 0.15) is 18.1 Å². The lowest BCUT2D eigenvalue weighted by molar-refractivity contribution is -0.126. The van der Waals surface area contributed by atoms with Crippen LogP contribution < -0.4 is 24.3 Å². The van der Waals surface area contributed by atoms with E-state index in [-0.39, 0.29) is 11.8 Å². The number of hydrogen-bond acceptors (Lipinski definition) is 5. The molecule has 1 heterocycles. The van der Waals surface area contributed by atoms with Crippen LogP contribution in [-0.4, -0.2) is 33.3 Å². The van der Waals surface area contributed by atoms with E-state index in [1.54, 1.807) is 14.2 Å². The molecule has 27 heavy (non-hydrogen) atoms. The van der Waals surface area contributed by atoms with Crippen LogP contribution in [0.25, 0.3) is 0 Å². The molecule has 0 fully saturated rings. The number of benzene rings is 2. The Morgan fingerprint density at radius 3 is 2.74 bits per heavy atom. The number of carbonyl (C=O) groups excluding carboxylic acids is 1. The lowest BCUT2D eigenvalue weighted by atomic mass is 9.95. The first-order valence-corrected chi connectivity index (χ1v) is 9.01. The Hall–Kier alpha value is -2.89. The molecule has 1 amide bonds. The van der Waals surface area contributed by atoms with Crippen LogP contribution in [0.15, 0.2) is 36.4 Å². The summed E-state index contributed by atoms with van der Waals surface area (Å²) in [6.07, 6.45) is 0.630. The number of fused-ring (bicyclic) bond motifs is 1. The summed E-state index contributed by atoms with van der Waals surface area (Å²) in [6, 6.07) is 11.3. The van der Waals surface area contributed by atoms with Crippen LogP contribution in [0.2, 0.25) is 0 Å². The van der Waals surface area contributed by atoms with Crippen molar-refractivity contribution in [3.8, 4) is 23.0 Å². The number of carbonyl (C=O) groups is 1. The lowest BCUT2D eigenvalue weighted by Crippen LogP contribution is -2.37. The molecule has 0 radical (unpaired) electrons. The highest BCUT2D eigenvalue weighted by atomic mass is 16.5. The van der Waals surface area contributed by atoms with E-state index in [4.69, 9.17) is 18.9 Å². The Bertz CT molecular complexity index is 805. The highest BCUT2D eigenvalue weighted by Gasteiger charge is 2.26. The molecule has 0 bridgehead atoms. The Balaban J connectivity index is 1.61. The maximum atomic E-state index is 12.6. The normalized spacial score (nSPS) is 15.3. The Labute approximate surface area is 159 Å². The molecule has 1 unspecified atom stereocenters. The molecule has 1 atom stereocenters. The molecular weight excluding hydrogens is 346 g/mol. The van der Waals surface area contributed by atoms with E-state index in [1.165, 1.54) is 0 Å². The van der Waals surface area contributed by atoms with Crippen LogP contribution in [0.1, 0.15) is 18.1 Å². The number of methoxy groups -OCH3 is 2. The maximum absolute atomic E-state index is 12.6. The Kier molecular flexibility index (Phi) is 6.06. The first-order valence-electron chi connectivity index (χ1n) is 9.01. The number of rotatable bonds is 7. The fourth-order valence-electron chi connectivity index (χ4n) is 3.10. The molecule has 2 aromatic rings. The summed E-state index contributed by atoms with van der Waals surface area (Å²) < 4.78 is 21.9. The van der Waals surface area contributed by atoms with Crippen LogP contribution >= 0.6 is 0 Å². The number of ether oxygens (including phenoxy) is 4. The zero-order chi connectivity index (χ0) is 19.2. The summed E-state index contributed by atoms with van der Waals surface area (Å²) in [5.41, 5.74) is 1.94. The lowest BCUT2D eigenvalue weighted by Gasteiger charge is -2.25. The molecule has 6 nitrogen and oxygen atoms in total. The third kappa shape index (κ3) is 4.45. The molecule has 0 spiro atoms. The van der Waals surface area contributed by atoms with Crippen LogP contribution in [0.5, 0.6) is 23.0 Å². The third-order valence-corrected chi connectivity index (χ3v) is 4.54. The molecule has 0 aliphatic carbocycles. The van der Waals surface area contributed by atoms with Crippen LogP contribution in [0.3, 0.4) is 0 Å². The van der Waals surface area contributed by atoms with Crippen LogP contribution in [0.4, 0.5) is 0 Å². The van der Waals surface area contributed by atoms with Crippen molar-refractivity contribution < 1.29 is 23.7 Å². The average molecular weight is 371 g/mol. The minimum Gasteiger partial charge on any atom is -0.497 e. The second kappa shape index (κ2) is 8.66. The summed E-state index contributed by atoms with van der Waals surface area (Å²) in [5, 5.41) is 2.98. The summed E-state index contributed by atoms with van der Waals surface area (Å²) in [7, 11) is 3.23. The molecule has 0 saturated carbocycles. The Morgan fingerprint density at radius 2 is 2.00 bits per heavy atom. The standard InChI is InChI=1S/C21H25NO5/c1-4-26-19-7-5-14(9-20(19)25-3)12-22-21(23)16-10-15-11-17(24-2)6-8-18(15)27-13-16/h5-9,11,16H,4,10,12-13H2,1-3H3,(H,22,23). The second-order valence-electron chi connectivity index (χ2n) is 6.32. The van der Waals surface area contributed by atoms with Crippen LogP contribution in [0, 0.1) is 5.92 Å². The number of hydrogen-bond donors (Lipinski definition) is 1. The van der Waals surface area contributed by atoms with Gasteiger partial charge in [0.15, 0.2) is 11.5 Å². The van der Waals surface area contributed by atoms with Gasteiger partial charge in [0.25, 0.3) is 0 Å². The van der Waals surface area contributed by atoms with E-state index in [0.29, 0.717) is 37.7 Å². The van der Waals surface area contributed by atoms with Gasteiger partial charge in [-0.3, -0.25) is 4.79 Å². The fourth-order valence-corrected chi connectivity index (χ4v) is 3.10. The summed E-state index contributed by atoms with van der Waals surface area (Å²) in [4.78, 5) is 12.6. The van der Waals surface area contributed by atoms with Crippen molar-refractivity contribution in [2.75, 3.05) is 27.4 Å². The largest absolute Gasteiger partial charge is 0.497 e. The summed E-state index contributed by atoms with van der Waals surface area (Å²) in [6.45, 7) is 3.29. The molecule has 1 N–H and O–H groups in total. The quantitative estimate of drug-likeness (QED) is 0.811. The van der Waals surface area contributed by atoms with Crippen molar-refractivity contribution in [2.24, 2.45) is 5.92 Å². The van der Waals surface area contributed by atoms with Crippen molar-refractivity contribution in [1.29, 1.82) is 0 Å². The van der Waals surface area contributed by atoms with Gasteiger partial charge < -0.3 is 24.3 Å². The van der Waals surface area contributed by atoms with Crippen molar-refractivity contribution in [3.63, 3.8) is 0 Å². The molecule has 2 aromatic carbocycles. The SMILES string of the molecule is CCOc1ccc(CNC(=O)C2COc3ccc(OC)cc3C2)cc1OC. The summed E-state index contributed by atoms with van der Waals surface area (Å²) >= 11 is 0. The van der Waals surface area contributed by atoms with E-state index >= 15 is 0 Å². The van der Waals surface area contributed by atoms with Crippen molar-refractivity contribution in [2.45, 2.75) is 19.9 Å². The zero-order valence-corrected chi connectivity index (χ0v) is 15.9. The highest BCUT2D eigenvalue weighted by Crippen LogP contribution is 2.31. The van der Waals surface area contributed by atoms with Crippen molar-refractivity contribution in [1.82, 2.24) is 5.32 Å². The molecule has 0 aromatic heterocycles. The van der Waals surface area contributed by atoms with E-state index in [1.807, 2.05) is 43.3 Å². The number of amides is 1. The van der Waals surface area contributed by atoms with Gasteiger partial charge >= 0.3 is 0 Å². The second-order valence-corrected chi connectivity index (χ2v) is 6.32. The molecule has 6 heteroatoms. The van der Waals surface area contributed by atoms with Gasteiger partial charge in [0.2, 0.25) is 5.91 Å².